The molecule has 424 valence electrons. The summed E-state index contributed by atoms with van der Waals surface area (Å²) in [5.74, 6) is -9.83. The molecule has 0 aromatic heterocycles. The van der Waals surface area contributed by atoms with Crippen LogP contribution in [0.1, 0.15) is 90.2 Å². The molecule has 10 amide bonds. The summed E-state index contributed by atoms with van der Waals surface area (Å²) >= 11 is 1.33. The van der Waals surface area contributed by atoms with Crippen molar-refractivity contribution in [2.24, 2.45) is 23.1 Å². The van der Waals surface area contributed by atoms with Crippen molar-refractivity contribution in [3.8, 4) is 5.75 Å². The first-order valence-electron chi connectivity index (χ1n) is 25.3. The van der Waals surface area contributed by atoms with E-state index in [1.54, 1.807) is 50.4 Å². The number of hydrogen-bond donors (Lipinski definition) is 13. The molecule has 3 rings (SSSR count). The summed E-state index contributed by atoms with van der Waals surface area (Å²) in [6, 6.07) is 1.86. The van der Waals surface area contributed by atoms with Gasteiger partial charge in [0.2, 0.25) is 59.1 Å². The summed E-state index contributed by atoms with van der Waals surface area (Å²) in [5.41, 5.74) is 17.5. The Kier molecular flexibility index (Phi) is 26.3. The number of aliphatic hydroxyl groups is 1. The number of aromatic hydroxyl groups is 1. The summed E-state index contributed by atoms with van der Waals surface area (Å²) in [4.78, 5) is 147. The molecule has 11 atom stereocenters. The molecule has 77 heavy (non-hydrogen) atoms. The van der Waals surface area contributed by atoms with Crippen LogP contribution in [0.2, 0.25) is 0 Å². The molecular formula is C51H75N11O14S. The van der Waals surface area contributed by atoms with Crippen LogP contribution in [0.4, 0.5) is 0 Å². The second kappa shape index (κ2) is 31.7. The molecule has 0 aliphatic carbocycles. The molecule has 0 spiro atoms. The number of carboxylic acids is 1. The van der Waals surface area contributed by atoms with Gasteiger partial charge in [-0.05, 0) is 87.1 Å². The molecule has 2 aromatic carbocycles. The third kappa shape index (κ3) is 21.0. The number of nitrogens with one attached hydrogen (secondary N) is 7. The van der Waals surface area contributed by atoms with Gasteiger partial charge in [0, 0.05) is 32.2 Å². The van der Waals surface area contributed by atoms with Gasteiger partial charge >= 0.3 is 5.97 Å². The fraction of sp³-hybridized carbons (Fsp3) is 0.549. The zero-order valence-corrected chi connectivity index (χ0v) is 44.8. The molecule has 1 fully saturated rings. The zero-order valence-electron chi connectivity index (χ0n) is 44.0. The molecule has 0 saturated carbocycles. The maximum atomic E-state index is 14.5. The number of aliphatic carboxylic acids is 1. The molecule has 0 bridgehead atoms. The quantitative estimate of drug-likeness (QED) is 0.0367. The Hall–Kier alpha value is -7.32. The normalized spacial score (nSPS) is 17.0. The fourth-order valence-electron chi connectivity index (χ4n) is 8.16. The molecular weight excluding hydrogens is 1020 g/mol. The first kappa shape index (κ1) is 64.0. The van der Waals surface area contributed by atoms with Crippen molar-refractivity contribution in [2.75, 3.05) is 18.6 Å². The fourth-order valence-corrected chi connectivity index (χ4v) is 8.63. The van der Waals surface area contributed by atoms with Crippen molar-refractivity contribution in [1.82, 2.24) is 42.1 Å². The lowest BCUT2D eigenvalue weighted by Crippen LogP contribution is -2.62. The van der Waals surface area contributed by atoms with Crippen LogP contribution in [-0.4, -0.2) is 164 Å². The first-order valence-corrected chi connectivity index (χ1v) is 26.7. The lowest BCUT2D eigenvalue weighted by atomic mass is 9.97. The number of carbonyl (C=O) groups is 11. The number of aliphatic hydroxyl groups excluding tert-OH is 1. The Labute approximate surface area is 451 Å². The Morgan fingerprint density at radius 3 is 1.69 bits per heavy atom. The van der Waals surface area contributed by atoms with Crippen molar-refractivity contribution in [3.05, 3.63) is 65.7 Å². The molecule has 25 nitrogen and oxygen atoms in total. The van der Waals surface area contributed by atoms with E-state index in [4.69, 9.17) is 17.2 Å². The number of benzene rings is 2. The van der Waals surface area contributed by atoms with E-state index >= 15 is 0 Å². The number of nitrogens with zero attached hydrogens (tertiary/aromatic N) is 1. The maximum Gasteiger partial charge on any atom is 0.325 e. The molecule has 0 radical (unpaired) electrons. The molecule has 1 aliphatic rings. The van der Waals surface area contributed by atoms with Crippen molar-refractivity contribution in [2.45, 2.75) is 152 Å². The SMILES string of the molecule is CC[C@H](C)[C@H](NC(=O)[C@@H]1CCCN1C(=O)[C@@H](NC(=O)[C@H](CCSC)NC(=O)[C@H](Cc1ccccc1)NC(=O)[C@H](Cc1ccc(O)cc1)NC(=O)[C@H](CCC(N)=O)NC(=O)[C@@H](N)CCC(N)=O)[C@@H](C)O)C(=O)N[C@@H](C)C(=O)O. The Morgan fingerprint density at radius 2 is 1.16 bits per heavy atom. The highest BCUT2D eigenvalue weighted by Crippen LogP contribution is 2.21. The van der Waals surface area contributed by atoms with Gasteiger partial charge in [0.1, 0.15) is 54.1 Å². The number of carbonyl (C=O) groups excluding carboxylic acids is 10. The number of carboxylic acid groups (broad SMARTS) is 1. The van der Waals surface area contributed by atoms with Gasteiger partial charge in [0.05, 0.1) is 12.1 Å². The summed E-state index contributed by atoms with van der Waals surface area (Å²) < 4.78 is 0. The molecule has 1 aliphatic heterocycles. The number of rotatable bonds is 32. The monoisotopic (exact) mass is 1100 g/mol. The highest BCUT2D eigenvalue weighted by molar-refractivity contribution is 7.98. The third-order valence-electron chi connectivity index (χ3n) is 12.9. The van der Waals surface area contributed by atoms with Crippen molar-refractivity contribution < 1.29 is 68.1 Å². The Balaban J connectivity index is 1.94. The number of hydrogen-bond acceptors (Lipinski definition) is 15. The van der Waals surface area contributed by atoms with E-state index in [0.717, 1.165) is 0 Å². The second-order valence-electron chi connectivity index (χ2n) is 19.1. The van der Waals surface area contributed by atoms with E-state index in [-0.39, 0.29) is 63.7 Å². The highest BCUT2D eigenvalue weighted by Gasteiger charge is 2.42. The van der Waals surface area contributed by atoms with Gasteiger partial charge in [-0.2, -0.15) is 11.8 Å². The molecule has 1 heterocycles. The van der Waals surface area contributed by atoms with Crippen LogP contribution in [-0.2, 0) is 65.6 Å². The van der Waals surface area contributed by atoms with Gasteiger partial charge in [0.25, 0.3) is 0 Å². The second-order valence-corrected chi connectivity index (χ2v) is 20.0. The Bertz CT molecular complexity index is 2380. The van der Waals surface area contributed by atoms with Crippen molar-refractivity contribution in [1.29, 1.82) is 0 Å². The van der Waals surface area contributed by atoms with E-state index in [1.165, 1.54) is 54.8 Å². The van der Waals surface area contributed by atoms with Gasteiger partial charge in [-0.1, -0.05) is 62.7 Å². The van der Waals surface area contributed by atoms with Crippen LogP contribution in [0.5, 0.6) is 5.75 Å². The summed E-state index contributed by atoms with van der Waals surface area (Å²) in [7, 11) is 0. The van der Waals surface area contributed by atoms with Gasteiger partial charge in [-0.15, -0.1) is 0 Å². The Morgan fingerprint density at radius 1 is 0.649 bits per heavy atom. The van der Waals surface area contributed by atoms with E-state index < -0.39 is 131 Å². The van der Waals surface area contributed by atoms with E-state index in [1.807, 2.05) is 0 Å². The van der Waals surface area contributed by atoms with Gasteiger partial charge in [-0.3, -0.25) is 52.7 Å². The minimum absolute atomic E-state index is 0.0100. The average Bonchev–Trinajstić information content (AvgIpc) is 3.89. The molecule has 26 heteroatoms. The minimum atomic E-state index is -1.64. The molecule has 1 saturated heterocycles. The maximum absolute atomic E-state index is 14.5. The van der Waals surface area contributed by atoms with Gasteiger partial charge in [-0.25, -0.2) is 0 Å². The number of phenols is 1. The summed E-state index contributed by atoms with van der Waals surface area (Å²) in [5, 5.41) is 48.3. The predicted octanol–water partition coefficient (Wildman–Crippen LogP) is -2.30. The standard InChI is InChI=1S/C51H75N11O14S/c1-6-27(2)41(49(73)55-28(3)51(75)76)60-48(72)38-13-10-23-62(38)50(74)42(29(4)63)61-45(69)35(22-24-77-5)57-46(70)36(25-30-11-8-7-9-12-30)59-47(71)37(26-31-14-16-32(64)17-15-31)58-44(68)34(19-21-40(54)66)56-43(67)33(52)18-20-39(53)65/h7-9,11-12,14-17,27-29,33-38,41-42,63-64H,6,10,13,18-26,52H2,1-5H3,(H2,53,65)(H2,54,66)(H,55,73)(H,56,67)(H,57,70)(H,58,68)(H,59,71)(H,60,72)(H,61,69)(H,75,76)/t27-,28-,29+,33-,34-,35-,36-,37-,38-,41-,42-/m0/s1. The minimum Gasteiger partial charge on any atom is -0.508 e. The molecule has 16 N–H and O–H groups in total. The predicted molar refractivity (Wildman–Crippen MR) is 282 cm³/mol. The van der Waals surface area contributed by atoms with Crippen LogP contribution in [0.15, 0.2) is 54.6 Å². The van der Waals surface area contributed by atoms with E-state index in [9.17, 15) is 68.1 Å². The smallest absolute Gasteiger partial charge is 0.325 e. The van der Waals surface area contributed by atoms with Gasteiger partial charge in [0.15, 0.2) is 0 Å². The van der Waals surface area contributed by atoms with Crippen LogP contribution in [0, 0.1) is 5.92 Å². The number of amides is 10. The summed E-state index contributed by atoms with van der Waals surface area (Å²) in [6.45, 7) is 6.05. The van der Waals surface area contributed by atoms with E-state index in [2.05, 4.69) is 37.2 Å². The number of thioether (sulfide) groups is 1. The molecule has 2 aromatic rings. The van der Waals surface area contributed by atoms with Crippen molar-refractivity contribution in [3.63, 3.8) is 0 Å². The lowest BCUT2D eigenvalue weighted by molar-refractivity contribution is -0.145. The van der Waals surface area contributed by atoms with Crippen LogP contribution >= 0.6 is 11.8 Å². The molecule has 0 unspecified atom stereocenters. The van der Waals surface area contributed by atoms with Crippen molar-refractivity contribution >= 4 is 76.8 Å². The topological polar surface area (TPSA) is 414 Å². The van der Waals surface area contributed by atoms with Crippen LogP contribution < -0.4 is 54.4 Å². The number of likely N-dealkylation sites (tertiary alicyclic amines) is 1. The van der Waals surface area contributed by atoms with Crippen LogP contribution in [0.25, 0.3) is 0 Å². The average molecular weight is 1100 g/mol. The number of phenolic OH excluding ortho intramolecular Hbond substituents is 1. The number of nitrogens with two attached hydrogens (primary N) is 3. The summed E-state index contributed by atoms with van der Waals surface area (Å²) in [6.07, 6.45) is -0.342. The van der Waals surface area contributed by atoms with Gasteiger partial charge < -0.3 is 74.6 Å². The zero-order chi connectivity index (χ0) is 57.5. The largest absolute Gasteiger partial charge is 0.508 e. The van der Waals surface area contributed by atoms with E-state index in [0.29, 0.717) is 29.7 Å². The number of primary amides is 2. The first-order chi connectivity index (χ1) is 36.4. The lowest BCUT2D eigenvalue weighted by Gasteiger charge is -2.32. The highest BCUT2D eigenvalue weighted by atomic mass is 32.2. The third-order valence-corrected chi connectivity index (χ3v) is 13.6. The van der Waals surface area contributed by atoms with Crippen LogP contribution in [0.3, 0.4) is 0 Å².